The predicted octanol–water partition coefficient (Wildman–Crippen LogP) is 2.00. The Hall–Kier alpha value is -1.56. The van der Waals surface area contributed by atoms with Crippen LogP contribution in [0.3, 0.4) is 0 Å². The first kappa shape index (κ1) is 13.9. The Morgan fingerprint density at radius 3 is 2.84 bits per heavy atom. The van der Waals surface area contributed by atoms with Crippen LogP contribution < -0.4 is 0 Å². The highest BCUT2D eigenvalue weighted by atomic mass is 19.2. The molecule has 19 heavy (non-hydrogen) atoms. The molecule has 104 valence electrons. The topological polar surface area (TPSA) is 42.4 Å². The Bertz CT molecular complexity index is 505. The van der Waals surface area contributed by atoms with Crippen LogP contribution in [-0.4, -0.2) is 40.6 Å². The van der Waals surface area contributed by atoms with Gasteiger partial charge in [0.1, 0.15) is 0 Å². The van der Waals surface area contributed by atoms with E-state index in [1.165, 1.54) is 11.0 Å². The summed E-state index contributed by atoms with van der Waals surface area (Å²) in [4.78, 5) is 16.9. The highest BCUT2D eigenvalue weighted by molar-refractivity contribution is 5.94. The number of carbonyl (C=O) groups excluding carboxylic acids is 1. The molecule has 1 amide bonds. The van der Waals surface area contributed by atoms with Crippen molar-refractivity contribution < 1.29 is 18.3 Å². The van der Waals surface area contributed by atoms with Crippen molar-refractivity contribution in [2.45, 2.75) is 32.5 Å². The minimum Gasteiger partial charge on any atom is -0.369 e. The van der Waals surface area contributed by atoms with Crippen molar-refractivity contribution in [2.75, 3.05) is 13.1 Å². The molecule has 1 saturated heterocycles. The summed E-state index contributed by atoms with van der Waals surface area (Å²) in [6.07, 6.45) is 0.933. The van der Waals surface area contributed by atoms with Gasteiger partial charge >= 0.3 is 0 Å². The molecular weight excluding hydrogens is 254 g/mol. The first-order chi connectivity index (χ1) is 8.80. The second-order valence-electron chi connectivity index (χ2n) is 5.34. The lowest BCUT2D eigenvalue weighted by atomic mass is 10.0. The van der Waals surface area contributed by atoms with Crippen molar-refractivity contribution in [2.24, 2.45) is 0 Å². The summed E-state index contributed by atoms with van der Waals surface area (Å²) in [6, 6.07) is 1.19. The van der Waals surface area contributed by atoms with E-state index in [0.29, 0.717) is 13.1 Å². The fourth-order valence-electron chi connectivity index (χ4n) is 2.36. The zero-order valence-corrected chi connectivity index (χ0v) is 11.1. The highest BCUT2D eigenvalue weighted by Gasteiger charge is 2.35. The van der Waals surface area contributed by atoms with Gasteiger partial charge in [-0.05, 0) is 26.8 Å². The number of hydrogen-bond donors (Lipinski definition) is 0. The van der Waals surface area contributed by atoms with Gasteiger partial charge in [-0.15, -0.1) is 0 Å². The SMILES string of the molecule is CC1CN(C(=O)c2ccnc(F)c2F)CC(C)(C)O1. The minimum atomic E-state index is -1.26. The molecule has 1 aliphatic heterocycles. The van der Waals surface area contributed by atoms with E-state index >= 15 is 0 Å². The number of ether oxygens (including phenoxy) is 1. The number of amides is 1. The number of halogens is 2. The van der Waals surface area contributed by atoms with E-state index in [-0.39, 0.29) is 11.7 Å². The fraction of sp³-hybridized carbons (Fsp3) is 0.538. The molecule has 0 saturated carbocycles. The van der Waals surface area contributed by atoms with E-state index in [2.05, 4.69) is 4.98 Å². The molecule has 0 aromatic carbocycles. The van der Waals surface area contributed by atoms with Crippen LogP contribution in [0.5, 0.6) is 0 Å². The van der Waals surface area contributed by atoms with Gasteiger partial charge in [-0.1, -0.05) is 0 Å². The zero-order chi connectivity index (χ0) is 14.2. The molecule has 0 spiro atoms. The Morgan fingerprint density at radius 2 is 2.21 bits per heavy atom. The van der Waals surface area contributed by atoms with Crippen LogP contribution in [0.15, 0.2) is 12.3 Å². The van der Waals surface area contributed by atoms with Crippen molar-refractivity contribution in [3.8, 4) is 0 Å². The quantitative estimate of drug-likeness (QED) is 0.733. The van der Waals surface area contributed by atoms with Crippen LogP contribution >= 0.6 is 0 Å². The summed E-state index contributed by atoms with van der Waals surface area (Å²) in [6.45, 7) is 6.23. The molecule has 0 radical (unpaired) electrons. The molecule has 6 heteroatoms. The average molecular weight is 270 g/mol. The summed E-state index contributed by atoms with van der Waals surface area (Å²) in [7, 11) is 0. The summed E-state index contributed by atoms with van der Waals surface area (Å²) in [5.41, 5.74) is -0.799. The van der Waals surface area contributed by atoms with Crippen LogP contribution in [0, 0.1) is 11.8 Å². The number of carbonyl (C=O) groups is 1. The van der Waals surface area contributed by atoms with Gasteiger partial charge < -0.3 is 9.64 Å². The third-order valence-electron chi connectivity index (χ3n) is 2.93. The lowest BCUT2D eigenvalue weighted by Gasteiger charge is -2.41. The highest BCUT2D eigenvalue weighted by Crippen LogP contribution is 2.23. The maximum atomic E-state index is 13.6. The first-order valence-electron chi connectivity index (χ1n) is 6.07. The summed E-state index contributed by atoms with van der Waals surface area (Å²) in [5, 5.41) is 0. The fourth-order valence-corrected chi connectivity index (χ4v) is 2.36. The Labute approximate surface area is 110 Å². The summed E-state index contributed by atoms with van der Waals surface area (Å²) in [5.74, 6) is -3.00. The van der Waals surface area contributed by atoms with Crippen LogP contribution in [0.4, 0.5) is 8.78 Å². The smallest absolute Gasteiger partial charge is 0.257 e. The Morgan fingerprint density at radius 1 is 1.53 bits per heavy atom. The number of rotatable bonds is 1. The number of pyridine rings is 1. The molecule has 0 bridgehead atoms. The van der Waals surface area contributed by atoms with Crippen molar-refractivity contribution in [3.63, 3.8) is 0 Å². The Kier molecular flexibility index (Phi) is 3.54. The molecule has 1 unspecified atom stereocenters. The van der Waals surface area contributed by atoms with Gasteiger partial charge in [0.25, 0.3) is 5.91 Å². The van der Waals surface area contributed by atoms with Gasteiger partial charge in [-0.25, -0.2) is 9.37 Å². The molecule has 0 N–H and O–H groups in total. The van der Waals surface area contributed by atoms with Gasteiger partial charge in [0.2, 0.25) is 5.95 Å². The van der Waals surface area contributed by atoms with E-state index in [1.807, 2.05) is 20.8 Å². The normalized spacial score (nSPS) is 22.4. The van der Waals surface area contributed by atoms with Gasteiger partial charge in [-0.2, -0.15) is 4.39 Å². The lowest BCUT2D eigenvalue weighted by Crippen LogP contribution is -2.53. The van der Waals surface area contributed by atoms with E-state index in [0.717, 1.165) is 6.20 Å². The first-order valence-corrected chi connectivity index (χ1v) is 6.07. The zero-order valence-electron chi connectivity index (χ0n) is 11.1. The number of nitrogens with zero attached hydrogens (tertiary/aromatic N) is 2. The van der Waals surface area contributed by atoms with E-state index in [4.69, 9.17) is 4.74 Å². The van der Waals surface area contributed by atoms with E-state index in [9.17, 15) is 13.6 Å². The summed E-state index contributed by atoms with van der Waals surface area (Å²) < 4.78 is 32.3. The monoisotopic (exact) mass is 270 g/mol. The van der Waals surface area contributed by atoms with Gasteiger partial charge in [0.05, 0.1) is 17.3 Å². The Balaban J connectivity index is 2.26. The molecule has 1 aromatic heterocycles. The van der Waals surface area contributed by atoms with Crippen molar-refractivity contribution in [1.29, 1.82) is 0 Å². The van der Waals surface area contributed by atoms with Gasteiger partial charge in [0, 0.05) is 19.3 Å². The van der Waals surface area contributed by atoms with Crippen LogP contribution in [0.2, 0.25) is 0 Å². The number of morpholine rings is 1. The van der Waals surface area contributed by atoms with Crippen LogP contribution in [0.1, 0.15) is 31.1 Å². The standard InChI is InChI=1S/C13H16F2N2O2/c1-8-6-17(7-13(2,3)19-8)12(18)9-4-5-16-11(15)10(9)14/h4-5,8H,6-7H2,1-3H3. The van der Waals surface area contributed by atoms with Crippen molar-refractivity contribution in [1.82, 2.24) is 9.88 Å². The molecule has 2 rings (SSSR count). The molecule has 1 aromatic rings. The van der Waals surface area contributed by atoms with Crippen molar-refractivity contribution >= 4 is 5.91 Å². The lowest BCUT2D eigenvalue weighted by molar-refractivity contribution is -0.118. The average Bonchev–Trinajstić information content (AvgIpc) is 2.29. The predicted molar refractivity (Wildman–Crippen MR) is 64.7 cm³/mol. The third kappa shape index (κ3) is 2.89. The molecule has 1 atom stereocenters. The maximum Gasteiger partial charge on any atom is 0.257 e. The van der Waals surface area contributed by atoms with Gasteiger partial charge in [-0.3, -0.25) is 4.79 Å². The molecule has 1 fully saturated rings. The second kappa shape index (κ2) is 4.85. The minimum absolute atomic E-state index is 0.151. The maximum absolute atomic E-state index is 13.6. The molecule has 0 aliphatic carbocycles. The number of hydrogen-bond acceptors (Lipinski definition) is 3. The third-order valence-corrected chi connectivity index (χ3v) is 2.93. The largest absolute Gasteiger partial charge is 0.369 e. The summed E-state index contributed by atoms with van der Waals surface area (Å²) >= 11 is 0. The molecule has 1 aliphatic rings. The second-order valence-corrected chi connectivity index (χ2v) is 5.34. The van der Waals surface area contributed by atoms with Crippen LogP contribution in [0.25, 0.3) is 0 Å². The van der Waals surface area contributed by atoms with Crippen molar-refractivity contribution in [3.05, 3.63) is 29.6 Å². The molecule has 4 nitrogen and oxygen atoms in total. The molecule has 2 heterocycles. The van der Waals surface area contributed by atoms with E-state index in [1.54, 1.807) is 0 Å². The van der Waals surface area contributed by atoms with Gasteiger partial charge in [0.15, 0.2) is 5.82 Å². The van der Waals surface area contributed by atoms with E-state index < -0.39 is 23.3 Å². The molecular formula is C13H16F2N2O2. The van der Waals surface area contributed by atoms with Crippen LogP contribution in [-0.2, 0) is 4.74 Å². The number of aromatic nitrogens is 1.